The number of carbonyl (C=O) groups excluding carboxylic acids is 1. The van der Waals surface area contributed by atoms with Gasteiger partial charge in [0, 0.05) is 11.9 Å². The second-order valence-electron chi connectivity index (χ2n) is 3.84. The molecule has 0 aromatic carbocycles. The molecule has 0 fully saturated rings. The van der Waals surface area contributed by atoms with Crippen LogP contribution in [-0.2, 0) is 17.8 Å². The van der Waals surface area contributed by atoms with Crippen molar-refractivity contribution in [1.82, 2.24) is 9.55 Å². The van der Waals surface area contributed by atoms with Crippen LogP contribution in [0.3, 0.4) is 0 Å². The SMILES string of the molecule is CCc1c(C)n(CC(N)=O)c2cccnc12. The number of fused-ring (bicyclic) bond motifs is 1. The molecule has 1 amide bonds. The summed E-state index contributed by atoms with van der Waals surface area (Å²) in [5.74, 6) is -0.327. The quantitative estimate of drug-likeness (QED) is 0.844. The second kappa shape index (κ2) is 3.96. The summed E-state index contributed by atoms with van der Waals surface area (Å²) < 4.78 is 1.93. The number of nitrogens with two attached hydrogens (primary N) is 1. The lowest BCUT2D eigenvalue weighted by Crippen LogP contribution is -2.19. The molecule has 2 N–H and O–H groups in total. The van der Waals surface area contributed by atoms with Crippen LogP contribution >= 0.6 is 0 Å². The predicted molar refractivity (Wildman–Crippen MR) is 63.0 cm³/mol. The summed E-state index contributed by atoms with van der Waals surface area (Å²) >= 11 is 0. The van der Waals surface area contributed by atoms with Crippen LogP contribution in [0, 0.1) is 6.92 Å². The lowest BCUT2D eigenvalue weighted by molar-refractivity contribution is -0.118. The maximum atomic E-state index is 11.0. The number of aryl methyl sites for hydroxylation is 1. The lowest BCUT2D eigenvalue weighted by Gasteiger charge is -2.04. The highest BCUT2D eigenvalue weighted by atomic mass is 16.1. The molecule has 0 aliphatic carbocycles. The Morgan fingerprint density at radius 2 is 2.31 bits per heavy atom. The number of aromatic nitrogens is 2. The first-order valence-electron chi connectivity index (χ1n) is 5.36. The Balaban J connectivity index is 2.71. The Hall–Kier alpha value is -1.84. The molecule has 2 aromatic heterocycles. The molecule has 0 saturated carbocycles. The molecule has 2 heterocycles. The molecule has 16 heavy (non-hydrogen) atoms. The van der Waals surface area contributed by atoms with E-state index in [9.17, 15) is 4.79 Å². The average Bonchev–Trinajstić information content (AvgIpc) is 2.52. The lowest BCUT2D eigenvalue weighted by atomic mass is 10.2. The van der Waals surface area contributed by atoms with Gasteiger partial charge < -0.3 is 10.3 Å². The van der Waals surface area contributed by atoms with Crippen LogP contribution < -0.4 is 5.73 Å². The first-order chi connectivity index (χ1) is 7.65. The molecular weight excluding hydrogens is 202 g/mol. The van der Waals surface area contributed by atoms with Gasteiger partial charge in [0.2, 0.25) is 5.91 Å². The fourth-order valence-corrected chi connectivity index (χ4v) is 2.14. The molecule has 0 bridgehead atoms. The Kier molecular flexibility index (Phi) is 2.64. The smallest absolute Gasteiger partial charge is 0.237 e. The van der Waals surface area contributed by atoms with Gasteiger partial charge in [-0.25, -0.2) is 0 Å². The van der Waals surface area contributed by atoms with Gasteiger partial charge >= 0.3 is 0 Å². The van der Waals surface area contributed by atoms with Crippen molar-refractivity contribution in [2.45, 2.75) is 26.8 Å². The summed E-state index contributed by atoms with van der Waals surface area (Å²) in [6.07, 6.45) is 2.68. The van der Waals surface area contributed by atoms with Crippen molar-refractivity contribution >= 4 is 16.9 Å². The Bertz CT molecular complexity index is 542. The number of hydrogen-bond donors (Lipinski definition) is 1. The van der Waals surface area contributed by atoms with Gasteiger partial charge in [0.25, 0.3) is 0 Å². The van der Waals surface area contributed by atoms with Crippen molar-refractivity contribution in [2.24, 2.45) is 5.73 Å². The van der Waals surface area contributed by atoms with Gasteiger partial charge in [-0.2, -0.15) is 0 Å². The molecule has 0 radical (unpaired) electrons. The van der Waals surface area contributed by atoms with E-state index in [1.54, 1.807) is 6.20 Å². The maximum absolute atomic E-state index is 11.0. The molecule has 0 aliphatic heterocycles. The zero-order valence-corrected chi connectivity index (χ0v) is 9.53. The number of primary amides is 1. The summed E-state index contributed by atoms with van der Waals surface area (Å²) in [6.45, 7) is 4.31. The number of hydrogen-bond acceptors (Lipinski definition) is 2. The summed E-state index contributed by atoms with van der Waals surface area (Å²) in [4.78, 5) is 15.4. The molecule has 2 rings (SSSR count). The van der Waals surface area contributed by atoms with Gasteiger partial charge in [-0.15, -0.1) is 0 Å². The van der Waals surface area contributed by atoms with Gasteiger partial charge in [0.1, 0.15) is 6.54 Å². The predicted octanol–water partition coefficient (Wildman–Crippen LogP) is 1.39. The van der Waals surface area contributed by atoms with Crippen LogP contribution in [0.4, 0.5) is 0 Å². The van der Waals surface area contributed by atoms with Crippen LogP contribution in [-0.4, -0.2) is 15.5 Å². The zero-order valence-electron chi connectivity index (χ0n) is 9.53. The van der Waals surface area contributed by atoms with E-state index in [2.05, 4.69) is 11.9 Å². The van der Waals surface area contributed by atoms with Crippen molar-refractivity contribution in [3.63, 3.8) is 0 Å². The van der Waals surface area contributed by atoms with Crippen LogP contribution in [0.15, 0.2) is 18.3 Å². The van der Waals surface area contributed by atoms with E-state index in [4.69, 9.17) is 5.73 Å². The topological polar surface area (TPSA) is 60.9 Å². The van der Waals surface area contributed by atoms with Crippen LogP contribution in [0.25, 0.3) is 11.0 Å². The number of carbonyl (C=O) groups is 1. The van der Waals surface area contributed by atoms with Gasteiger partial charge in [0.15, 0.2) is 0 Å². The van der Waals surface area contributed by atoms with E-state index in [1.807, 2.05) is 23.6 Å². The van der Waals surface area contributed by atoms with Gasteiger partial charge in [0.05, 0.1) is 11.0 Å². The summed E-state index contributed by atoms with van der Waals surface area (Å²) in [5.41, 5.74) is 9.48. The van der Waals surface area contributed by atoms with E-state index >= 15 is 0 Å². The number of nitrogens with zero attached hydrogens (tertiary/aromatic N) is 2. The van der Waals surface area contributed by atoms with Crippen molar-refractivity contribution in [1.29, 1.82) is 0 Å². The minimum atomic E-state index is -0.327. The Morgan fingerprint density at radius 1 is 1.56 bits per heavy atom. The molecule has 84 valence electrons. The zero-order chi connectivity index (χ0) is 11.7. The highest BCUT2D eigenvalue weighted by Crippen LogP contribution is 2.23. The van der Waals surface area contributed by atoms with Crippen LogP contribution in [0.5, 0.6) is 0 Å². The standard InChI is InChI=1S/C12H15N3O/c1-3-9-8(2)15(7-11(13)16)10-5-4-6-14-12(9)10/h4-6H,3,7H2,1-2H3,(H2,13,16). The third-order valence-electron chi connectivity index (χ3n) is 2.87. The minimum absolute atomic E-state index is 0.216. The van der Waals surface area contributed by atoms with Crippen molar-refractivity contribution < 1.29 is 4.79 Å². The Morgan fingerprint density at radius 3 is 2.94 bits per heavy atom. The van der Waals surface area contributed by atoms with Gasteiger partial charge in [-0.1, -0.05) is 6.92 Å². The van der Waals surface area contributed by atoms with Crippen molar-refractivity contribution in [3.8, 4) is 0 Å². The molecule has 4 nitrogen and oxygen atoms in total. The van der Waals surface area contributed by atoms with Crippen LogP contribution in [0.2, 0.25) is 0 Å². The normalized spacial score (nSPS) is 10.9. The molecule has 0 spiro atoms. The average molecular weight is 217 g/mol. The van der Waals surface area contributed by atoms with Crippen LogP contribution in [0.1, 0.15) is 18.2 Å². The largest absolute Gasteiger partial charge is 0.368 e. The maximum Gasteiger partial charge on any atom is 0.237 e. The molecule has 0 atom stereocenters. The molecular formula is C12H15N3O. The molecule has 4 heteroatoms. The third-order valence-corrected chi connectivity index (χ3v) is 2.87. The van der Waals surface area contributed by atoms with E-state index in [1.165, 1.54) is 5.56 Å². The number of rotatable bonds is 3. The van der Waals surface area contributed by atoms with E-state index < -0.39 is 0 Å². The monoisotopic (exact) mass is 217 g/mol. The summed E-state index contributed by atoms with van der Waals surface area (Å²) in [6, 6.07) is 3.84. The minimum Gasteiger partial charge on any atom is -0.368 e. The molecule has 0 saturated heterocycles. The van der Waals surface area contributed by atoms with E-state index in [0.717, 1.165) is 23.1 Å². The third kappa shape index (κ3) is 1.56. The summed E-state index contributed by atoms with van der Waals surface area (Å²) in [7, 11) is 0. The first-order valence-corrected chi connectivity index (χ1v) is 5.36. The summed E-state index contributed by atoms with van der Waals surface area (Å²) in [5, 5.41) is 0. The second-order valence-corrected chi connectivity index (χ2v) is 3.84. The number of pyridine rings is 1. The first kappa shape index (κ1) is 10.7. The van der Waals surface area contributed by atoms with E-state index in [0.29, 0.717) is 0 Å². The van der Waals surface area contributed by atoms with Crippen molar-refractivity contribution in [3.05, 3.63) is 29.6 Å². The fourth-order valence-electron chi connectivity index (χ4n) is 2.14. The fraction of sp³-hybridized carbons (Fsp3) is 0.333. The highest BCUT2D eigenvalue weighted by molar-refractivity contribution is 5.84. The van der Waals surface area contributed by atoms with E-state index in [-0.39, 0.29) is 12.5 Å². The van der Waals surface area contributed by atoms with Crippen molar-refractivity contribution in [2.75, 3.05) is 0 Å². The molecule has 2 aromatic rings. The van der Waals surface area contributed by atoms with Gasteiger partial charge in [-0.05, 0) is 31.0 Å². The molecule has 0 aliphatic rings. The molecule has 0 unspecified atom stereocenters. The highest BCUT2D eigenvalue weighted by Gasteiger charge is 2.14. The Labute approximate surface area is 94.1 Å². The van der Waals surface area contributed by atoms with Gasteiger partial charge in [-0.3, -0.25) is 9.78 Å². The number of amides is 1.